The molecule has 2 rings (SSSR count). The molecule has 0 saturated carbocycles. The average Bonchev–Trinajstić information content (AvgIpc) is 2.82. The van der Waals surface area contributed by atoms with Crippen molar-refractivity contribution in [3.63, 3.8) is 0 Å². The average molecular weight is 296 g/mol. The van der Waals surface area contributed by atoms with Gasteiger partial charge in [0.25, 0.3) is 0 Å². The van der Waals surface area contributed by atoms with Crippen LogP contribution in [0.15, 0.2) is 24.3 Å². The molecule has 1 nitrogen and oxygen atoms in total. The fourth-order valence-corrected chi connectivity index (χ4v) is 3.02. The van der Waals surface area contributed by atoms with Gasteiger partial charge in [0.15, 0.2) is 0 Å². The molecule has 1 atom stereocenters. The number of benzene rings is 1. The molecule has 20 heavy (non-hydrogen) atoms. The molecule has 0 radical (unpaired) electrons. The molecule has 1 aromatic carbocycles. The van der Waals surface area contributed by atoms with Crippen LogP contribution in [0.2, 0.25) is 0 Å². The van der Waals surface area contributed by atoms with Crippen molar-refractivity contribution in [1.82, 2.24) is 0 Å². The maximum atomic E-state index is 13.8. The summed E-state index contributed by atoms with van der Waals surface area (Å²) in [7, 11) is 0. The summed E-state index contributed by atoms with van der Waals surface area (Å²) in [6.07, 6.45) is -1.06. The summed E-state index contributed by atoms with van der Waals surface area (Å²) in [6, 6.07) is 5.93. The number of aryl methyl sites for hydroxylation is 1. The second-order valence-corrected chi connectivity index (χ2v) is 7.09. The summed E-state index contributed by atoms with van der Waals surface area (Å²) in [5.41, 5.74) is 0.430. The Balaban J connectivity index is 2.39. The highest BCUT2D eigenvalue weighted by molar-refractivity contribution is 7.12. The Morgan fingerprint density at radius 2 is 1.75 bits per heavy atom. The first-order chi connectivity index (χ1) is 9.20. The van der Waals surface area contributed by atoms with Gasteiger partial charge in [0.05, 0.1) is 0 Å². The lowest BCUT2D eigenvalue weighted by Gasteiger charge is -2.16. The molecular weight excluding hydrogens is 278 g/mol. The molecule has 1 N–H and O–H groups in total. The summed E-state index contributed by atoms with van der Waals surface area (Å²) < 4.78 is 27.1. The Morgan fingerprint density at radius 1 is 1.10 bits per heavy atom. The third-order valence-corrected chi connectivity index (χ3v) is 4.77. The van der Waals surface area contributed by atoms with Crippen LogP contribution >= 0.6 is 11.3 Å². The third-order valence-electron chi connectivity index (χ3n) is 3.21. The molecule has 1 heterocycles. The highest BCUT2D eigenvalue weighted by Gasteiger charge is 2.22. The van der Waals surface area contributed by atoms with E-state index in [1.54, 1.807) is 13.0 Å². The number of halogens is 2. The van der Waals surface area contributed by atoms with Gasteiger partial charge < -0.3 is 5.11 Å². The highest BCUT2D eigenvalue weighted by atomic mass is 32.1. The third kappa shape index (κ3) is 2.91. The second-order valence-electron chi connectivity index (χ2n) is 5.98. The first-order valence-corrected chi connectivity index (χ1v) is 7.25. The molecular formula is C16H18F2OS. The van der Waals surface area contributed by atoms with Crippen LogP contribution in [-0.4, -0.2) is 5.11 Å². The second kappa shape index (κ2) is 5.26. The van der Waals surface area contributed by atoms with Crippen LogP contribution < -0.4 is 0 Å². The predicted octanol–water partition coefficient (Wildman–Crippen LogP) is 4.71. The van der Waals surface area contributed by atoms with Gasteiger partial charge in [-0.1, -0.05) is 20.8 Å². The lowest BCUT2D eigenvalue weighted by atomic mass is 9.95. The van der Waals surface area contributed by atoms with Crippen molar-refractivity contribution in [2.45, 2.75) is 39.2 Å². The van der Waals surface area contributed by atoms with Crippen LogP contribution in [0.4, 0.5) is 8.78 Å². The standard InChI is InChI=1S/C16H18F2OS/c1-9-7-10(12(18)8-11(9)17)15(19)13-5-6-14(20-13)16(2,3)4/h5-8,15,19H,1-4H3. The van der Waals surface area contributed by atoms with Gasteiger partial charge in [0.1, 0.15) is 17.7 Å². The zero-order chi connectivity index (χ0) is 15.1. The van der Waals surface area contributed by atoms with Crippen LogP contribution in [0.3, 0.4) is 0 Å². The van der Waals surface area contributed by atoms with Crippen molar-refractivity contribution in [2.24, 2.45) is 0 Å². The van der Waals surface area contributed by atoms with Crippen molar-refractivity contribution in [2.75, 3.05) is 0 Å². The van der Waals surface area contributed by atoms with E-state index in [4.69, 9.17) is 0 Å². The minimum Gasteiger partial charge on any atom is -0.383 e. The minimum absolute atomic E-state index is 0.0140. The van der Waals surface area contributed by atoms with E-state index in [9.17, 15) is 13.9 Å². The van der Waals surface area contributed by atoms with Crippen LogP contribution in [0.5, 0.6) is 0 Å². The van der Waals surface area contributed by atoms with Crippen LogP contribution in [-0.2, 0) is 5.41 Å². The number of thiophene rings is 1. The summed E-state index contributed by atoms with van der Waals surface area (Å²) in [5.74, 6) is -1.31. The van der Waals surface area contributed by atoms with E-state index >= 15 is 0 Å². The SMILES string of the molecule is Cc1cc(C(O)c2ccc(C(C)(C)C)s2)c(F)cc1F. The number of rotatable bonds is 2. The molecule has 0 bridgehead atoms. The number of hydrogen-bond acceptors (Lipinski definition) is 2. The summed E-state index contributed by atoms with van der Waals surface area (Å²) in [5, 5.41) is 10.3. The van der Waals surface area contributed by atoms with Gasteiger partial charge >= 0.3 is 0 Å². The molecule has 1 aromatic heterocycles. The maximum absolute atomic E-state index is 13.8. The van der Waals surface area contributed by atoms with Gasteiger partial charge in [0.2, 0.25) is 0 Å². The Labute approximate surface area is 121 Å². The Morgan fingerprint density at radius 3 is 2.30 bits per heavy atom. The monoisotopic (exact) mass is 296 g/mol. The fraction of sp³-hybridized carbons (Fsp3) is 0.375. The Kier molecular flexibility index (Phi) is 3.98. The Bertz CT molecular complexity index is 626. The summed E-state index contributed by atoms with van der Waals surface area (Å²) in [4.78, 5) is 1.78. The van der Waals surface area contributed by atoms with Crippen molar-refractivity contribution in [3.05, 3.63) is 56.8 Å². The highest BCUT2D eigenvalue weighted by Crippen LogP contribution is 2.35. The van der Waals surface area contributed by atoms with Crippen LogP contribution in [0, 0.1) is 18.6 Å². The first kappa shape index (κ1) is 15.1. The summed E-state index contributed by atoms with van der Waals surface area (Å²) >= 11 is 1.45. The maximum Gasteiger partial charge on any atom is 0.132 e. The molecule has 2 aromatic rings. The number of aliphatic hydroxyl groups excluding tert-OH is 1. The predicted molar refractivity (Wildman–Crippen MR) is 78.2 cm³/mol. The van der Waals surface area contributed by atoms with Gasteiger partial charge in [-0.25, -0.2) is 8.78 Å². The Hall–Kier alpha value is -1.26. The van der Waals surface area contributed by atoms with Gasteiger partial charge in [-0.3, -0.25) is 0 Å². The van der Waals surface area contributed by atoms with Crippen molar-refractivity contribution in [1.29, 1.82) is 0 Å². The van der Waals surface area contributed by atoms with E-state index in [0.717, 1.165) is 10.9 Å². The van der Waals surface area contributed by atoms with Gasteiger partial charge in [-0.05, 0) is 36.1 Å². The molecule has 0 amide bonds. The fourth-order valence-electron chi connectivity index (χ4n) is 1.95. The van der Waals surface area contributed by atoms with E-state index in [1.165, 1.54) is 17.4 Å². The molecule has 0 aliphatic carbocycles. The largest absolute Gasteiger partial charge is 0.383 e. The molecule has 108 valence electrons. The molecule has 4 heteroatoms. The van der Waals surface area contributed by atoms with E-state index < -0.39 is 17.7 Å². The minimum atomic E-state index is -1.06. The molecule has 1 unspecified atom stereocenters. The lowest BCUT2D eigenvalue weighted by Crippen LogP contribution is -2.08. The van der Waals surface area contributed by atoms with Crippen LogP contribution in [0.25, 0.3) is 0 Å². The van der Waals surface area contributed by atoms with Gasteiger partial charge in [-0.15, -0.1) is 11.3 Å². The smallest absolute Gasteiger partial charge is 0.132 e. The molecule has 0 fully saturated rings. The van der Waals surface area contributed by atoms with Crippen molar-refractivity contribution in [3.8, 4) is 0 Å². The molecule has 0 aliphatic rings. The topological polar surface area (TPSA) is 20.2 Å². The normalized spacial score (nSPS) is 13.6. The number of hydrogen-bond donors (Lipinski definition) is 1. The number of aliphatic hydroxyl groups is 1. The zero-order valence-electron chi connectivity index (χ0n) is 12.0. The first-order valence-electron chi connectivity index (χ1n) is 6.44. The van der Waals surface area contributed by atoms with E-state index in [-0.39, 0.29) is 11.0 Å². The lowest BCUT2D eigenvalue weighted by molar-refractivity contribution is 0.218. The van der Waals surface area contributed by atoms with Crippen molar-refractivity contribution >= 4 is 11.3 Å². The molecule has 0 spiro atoms. The van der Waals surface area contributed by atoms with E-state index in [2.05, 4.69) is 20.8 Å². The molecule has 0 saturated heterocycles. The zero-order valence-corrected chi connectivity index (χ0v) is 12.8. The van der Waals surface area contributed by atoms with E-state index in [1.807, 2.05) is 6.07 Å². The van der Waals surface area contributed by atoms with Crippen molar-refractivity contribution < 1.29 is 13.9 Å². The van der Waals surface area contributed by atoms with Gasteiger partial charge in [0, 0.05) is 21.4 Å². The van der Waals surface area contributed by atoms with E-state index in [0.29, 0.717) is 10.4 Å². The van der Waals surface area contributed by atoms with Gasteiger partial charge in [-0.2, -0.15) is 0 Å². The summed E-state index contributed by atoms with van der Waals surface area (Å²) in [6.45, 7) is 7.80. The molecule has 0 aliphatic heterocycles. The quantitative estimate of drug-likeness (QED) is 0.850. The van der Waals surface area contributed by atoms with Crippen LogP contribution in [0.1, 0.15) is 47.8 Å².